The number of halogens is 1. The lowest BCUT2D eigenvalue weighted by atomic mass is 10.3. The Morgan fingerprint density at radius 1 is 1.45 bits per heavy atom. The standard InChI is InChI=1S/C12H13BrN2O5/c13-10-2-1-9(15(17)18)7-11(10)20-8-12(16)14-3-5-19-6-4-14/h1-2,7H,3-6,8H2. The molecular formula is C12H13BrN2O5. The van der Waals surface area contributed by atoms with Crippen LogP contribution in [0.4, 0.5) is 5.69 Å². The zero-order valence-corrected chi connectivity index (χ0v) is 12.2. The van der Waals surface area contributed by atoms with Crippen LogP contribution in [0, 0.1) is 10.1 Å². The largest absolute Gasteiger partial charge is 0.482 e. The van der Waals surface area contributed by atoms with E-state index >= 15 is 0 Å². The Morgan fingerprint density at radius 3 is 2.80 bits per heavy atom. The molecule has 1 aliphatic rings. The van der Waals surface area contributed by atoms with Gasteiger partial charge in [0.25, 0.3) is 11.6 Å². The molecule has 0 N–H and O–H groups in total. The van der Waals surface area contributed by atoms with Gasteiger partial charge in [0.05, 0.1) is 28.7 Å². The van der Waals surface area contributed by atoms with E-state index in [0.29, 0.717) is 30.8 Å². The minimum Gasteiger partial charge on any atom is -0.482 e. The fraction of sp³-hybridized carbons (Fsp3) is 0.417. The summed E-state index contributed by atoms with van der Waals surface area (Å²) in [4.78, 5) is 23.7. The topological polar surface area (TPSA) is 81.9 Å². The second-order valence-electron chi connectivity index (χ2n) is 4.15. The third-order valence-corrected chi connectivity index (χ3v) is 3.50. The summed E-state index contributed by atoms with van der Waals surface area (Å²) < 4.78 is 11.1. The quantitative estimate of drug-likeness (QED) is 0.612. The van der Waals surface area contributed by atoms with Gasteiger partial charge < -0.3 is 14.4 Å². The van der Waals surface area contributed by atoms with Crippen LogP contribution in [0.1, 0.15) is 0 Å². The van der Waals surface area contributed by atoms with Crippen LogP contribution in [0.15, 0.2) is 22.7 Å². The number of nitrogens with zero attached hydrogens (tertiary/aromatic N) is 2. The van der Waals surface area contributed by atoms with Gasteiger partial charge in [0.1, 0.15) is 5.75 Å². The van der Waals surface area contributed by atoms with Crippen LogP contribution < -0.4 is 4.74 Å². The first-order chi connectivity index (χ1) is 9.58. The van der Waals surface area contributed by atoms with Crippen molar-refractivity contribution < 1.29 is 19.2 Å². The first-order valence-electron chi connectivity index (χ1n) is 6.00. The van der Waals surface area contributed by atoms with E-state index in [1.54, 1.807) is 4.90 Å². The fourth-order valence-corrected chi connectivity index (χ4v) is 2.12. The molecule has 0 radical (unpaired) electrons. The van der Waals surface area contributed by atoms with Crippen LogP contribution in [0.3, 0.4) is 0 Å². The van der Waals surface area contributed by atoms with Crippen LogP contribution in [0.5, 0.6) is 5.75 Å². The monoisotopic (exact) mass is 344 g/mol. The zero-order chi connectivity index (χ0) is 14.5. The van der Waals surface area contributed by atoms with Gasteiger partial charge in [0, 0.05) is 19.2 Å². The Bertz CT molecular complexity index is 517. The molecule has 20 heavy (non-hydrogen) atoms. The molecule has 1 aromatic carbocycles. The summed E-state index contributed by atoms with van der Waals surface area (Å²) >= 11 is 3.23. The molecule has 1 aromatic rings. The predicted octanol–water partition coefficient (Wildman–Crippen LogP) is 1.59. The van der Waals surface area contributed by atoms with Gasteiger partial charge in [0.2, 0.25) is 0 Å². The van der Waals surface area contributed by atoms with Crippen molar-refractivity contribution in [2.24, 2.45) is 0 Å². The lowest BCUT2D eigenvalue weighted by Gasteiger charge is -2.26. The number of nitro benzene ring substituents is 1. The third kappa shape index (κ3) is 3.67. The molecule has 108 valence electrons. The zero-order valence-electron chi connectivity index (χ0n) is 10.6. The van der Waals surface area contributed by atoms with E-state index in [-0.39, 0.29) is 24.0 Å². The average Bonchev–Trinajstić information content (AvgIpc) is 2.46. The van der Waals surface area contributed by atoms with Crippen LogP contribution in [0.2, 0.25) is 0 Å². The van der Waals surface area contributed by atoms with Crippen LogP contribution in [-0.2, 0) is 9.53 Å². The second kappa shape index (κ2) is 6.67. The van der Waals surface area contributed by atoms with Crippen molar-refractivity contribution in [2.75, 3.05) is 32.9 Å². The first-order valence-corrected chi connectivity index (χ1v) is 6.79. The van der Waals surface area contributed by atoms with Crippen molar-refractivity contribution in [1.82, 2.24) is 4.90 Å². The number of nitro groups is 1. The smallest absolute Gasteiger partial charge is 0.273 e. The molecule has 0 bridgehead atoms. The van der Waals surface area contributed by atoms with Crippen LogP contribution in [0.25, 0.3) is 0 Å². The van der Waals surface area contributed by atoms with Crippen molar-refractivity contribution >= 4 is 27.5 Å². The van der Waals surface area contributed by atoms with E-state index in [0.717, 1.165) is 0 Å². The summed E-state index contributed by atoms with van der Waals surface area (Å²) in [5, 5.41) is 10.7. The van der Waals surface area contributed by atoms with Gasteiger partial charge in [-0.25, -0.2) is 0 Å². The molecule has 0 unspecified atom stereocenters. The summed E-state index contributed by atoms with van der Waals surface area (Å²) in [6.07, 6.45) is 0. The molecule has 0 aliphatic carbocycles. The van der Waals surface area contributed by atoms with Gasteiger partial charge in [-0.15, -0.1) is 0 Å². The number of non-ortho nitro benzene ring substituents is 1. The molecule has 1 saturated heterocycles. The summed E-state index contributed by atoms with van der Waals surface area (Å²) in [7, 11) is 0. The van der Waals surface area contributed by atoms with Crippen molar-refractivity contribution in [1.29, 1.82) is 0 Å². The van der Waals surface area contributed by atoms with E-state index < -0.39 is 4.92 Å². The average molecular weight is 345 g/mol. The summed E-state index contributed by atoms with van der Waals surface area (Å²) in [5.41, 5.74) is -0.0815. The fourth-order valence-electron chi connectivity index (χ4n) is 1.76. The lowest BCUT2D eigenvalue weighted by Crippen LogP contribution is -2.43. The minimum absolute atomic E-state index is 0.0815. The van der Waals surface area contributed by atoms with Crippen molar-refractivity contribution in [3.05, 3.63) is 32.8 Å². The SMILES string of the molecule is O=C(COc1cc([N+](=O)[O-])ccc1Br)N1CCOCC1. The first kappa shape index (κ1) is 14.7. The number of rotatable bonds is 4. The highest BCUT2D eigenvalue weighted by atomic mass is 79.9. The molecule has 8 heteroatoms. The van der Waals surface area contributed by atoms with Crippen molar-refractivity contribution in [3.8, 4) is 5.75 Å². The number of ether oxygens (including phenoxy) is 2. The number of carbonyl (C=O) groups is 1. The number of carbonyl (C=O) groups excluding carboxylic acids is 1. The normalized spacial score (nSPS) is 14.9. The molecular weight excluding hydrogens is 332 g/mol. The summed E-state index contributed by atoms with van der Waals surface area (Å²) in [6.45, 7) is 1.97. The van der Waals surface area contributed by atoms with Crippen molar-refractivity contribution in [2.45, 2.75) is 0 Å². The van der Waals surface area contributed by atoms with Crippen LogP contribution >= 0.6 is 15.9 Å². The molecule has 0 saturated carbocycles. The molecule has 7 nitrogen and oxygen atoms in total. The van der Waals surface area contributed by atoms with E-state index in [4.69, 9.17) is 9.47 Å². The number of benzene rings is 1. The highest BCUT2D eigenvalue weighted by Gasteiger charge is 2.18. The molecule has 0 spiro atoms. The number of hydrogen-bond donors (Lipinski definition) is 0. The van der Waals surface area contributed by atoms with E-state index in [1.165, 1.54) is 18.2 Å². The van der Waals surface area contributed by atoms with Crippen LogP contribution in [-0.4, -0.2) is 48.6 Å². The molecule has 2 rings (SSSR count). The molecule has 1 heterocycles. The number of morpholine rings is 1. The maximum atomic E-state index is 11.9. The number of hydrogen-bond acceptors (Lipinski definition) is 5. The van der Waals surface area contributed by atoms with Crippen molar-refractivity contribution in [3.63, 3.8) is 0 Å². The third-order valence-electron chi connectivity index (χ3n) is 2.84. The van der Waals surface area contributed by atoms with Gasteiger partial charge in [-0.2, -0.15) is 0 Å². The highest BCUT2D eigenvalue weighted by Crippen LogP contribution is 2.29. The summed E-state index contributed by atoms with van der Waals surface area (Å²) in [6, 6.07) is 4.17. The predicted molar refractivity (Wildman–Crippen MR) is 73.7 cm³/mol. The highest BCUT2D eigenvalue weighted by molar-refractivity contribution is 9.10. The Labute approximate surface area is 123 Å². The van der Waals surface area contributed by atoms with Gasteiger partial charge in [0.15, 0.2) is 6.61 Å². The Morgan fingerprint density at radius 2 is 2.15 bits per heavy atom. The molecule has 1 amide bonds. The van der Waals surface area contributed by atoms with E-state index in [9.17, 15) is 14.9 Å². The second-order valence-corrected chi connectivity index (χ2v) is 5.01. The molecule has 0 aromatic heterocycles. The molecule has 1 fully saturated rings. The van der Waals surface area contributed by atoms with Gasteiger partial charge in [-0.05, 0) is 22.0 Å². The van der Waals surface area contributed by atoms with Gasteiger partial charge >= 0.3 is 0 Å². The van der Waals surface area contributed by atoms with Gasteiger partial charge in [-0.3, -0.25) is 14.9 Å². The Hall–Kier alpha value is -1.67. The maximum absolute atomic E-state index is 11.9. The Kier molecular flexibility index (Phi) is 4.91. The number of amides is 1. The minimum atomic E-state index is -0.511. The van der Waals surface area contributed by atoms with E-state index in [1.807, 2.05) is 0 Å². The Balaban J connectivity index is 1.97. The lowest BCUT2D eigenvalue weighted by molar-refractivity contribution is -0.385. The van der Waals surface area contributed by atoms with E-state index in [2.05, 4.69) is 15.9 Å². The molecule has 0 atom stereocenters. The van der Waals surface area contributed by atoms with Gasteiger partial charge in [-0.1, -0.05) is 0 Å². The maximum Gasteiger partial charge on any atom is 0.273 e. The summed E-state index contributed by atoms with van der Waals surface area (Å²) in [5.74, 6) is 0.118. The molecule has 1 aliphatic heterocycles.